The van der Waals surface area contributed by atoms with Crippen LogP contribution in [0.3, 0.4) is 0 Å². The third-order valence-electron chi connectivity index (χ3n) is 4.64. The highest BCUT2D eigenvalue weighted by atomic mass is 35.5. The van der Waals surface area contributed by atoms with Gasteiger partial charge < -0.3 is 10.4 Å². The molecule has 2 N–H and O–H groups in total. The number of nitrogens with zero attached hydrogens (tertiary/aromatic N) is 1. The van der Waals surface area contributed by atoms with Crippen molar-refractivity contribution in [3.63, 3.8) is 0 Å². The van der Waals surface area contributed by atoms with E-state index < -0.39 is 17.9 Å². The molecule has 0 bridgehead atoms. The average molecular weight is 355 g/mol. The van der Waals surface area contributed by atoms with Gasteiger partial charge in [0, 0.05) is 22.1 Å². The molecular weight excluding hydrogens is 340 g/mol. The van der Waals surface area contributed by atoms with E-state index in [9.17, 15) is 14.7 Å². The van der Waals surface area contributed by atoms with Crippen LogP contribution in [0, 0.1) is 11.8 Å². The molecule has 2 aromatic rings. The van der Waals surface area contributed by atoms with Crippen molar-refractivity contribution in [2.24, 2.45) is 16.8 Å². The summed E-state index contributed by atoms with van der Waals surface area (Å²) < 4.78 is 0. The molecule has 0 spiro atoms. The summed E-state index contributed by atoms with van der Waals surface area (Å²) in [5, 5.41) is 12.6. The summed E-state index contributed by atoms with van der Waals surface area (Å²) in [4.78, 5) is 28.6. The molecule has 1 heterocycles. The maximum absolute atomic E-state index is 12.6. The van der Waals surface area contributed by atoms with Crippen LogP contribution in [0.25, 0.3) is 0 Å². The van der Waals surface area contributed by atoms with Gasteiger partial charge in [0.2, 0.25) is 5.91 Å². The van der Waals surface area contributed by atoms with Crippen LogP contribution < -0.4 is 5.32 Å². The molecule has 6 heteroatoms. The van der Waals surface area contributed by atoms with Crippen molar-refractivity contribution in [2.75, 3.05) is 5.32 Å². The third kappa shape index (κ3) is 2.91. The van der Waals surface area contributed by atoms with Gasteiger partial charge in [0.15, 0.2) is 0 Å². The van der Waals surface area contributed by atoms with E-state index in [-0.39, 0.29) is 11.8 Å². The minimum absolute atomic E-state index is 0.275. The number of benzodiazepines with no additional fused rings is 1. The second-order valence-corrected chi connectivity index (χ2v) is 6.75. The van der Waals surface area contributed by atoms with Gasteiger partial charge in [-0.1, -0.05) is 41.9 Å². The first-order valence-electron chi connectivity index (χ1n) is 8.01. The van der Waals surface area contributed by atoms with Crippen LogP contribution >= 0.6 is 11.6 Å². The van der Waals surface area contributed by atoms with Crippen LogP contribution in [0.5, 0.6) is 0 Å². The van der Waals surface area contributed by atoms with Gasteiger partial charge in [-0.25, -0.2) is 0 Å². The summed E-state index contributed by atoms with van der Waals surface area (Å²) in [7, 11) is 0. The number of fused-ring (bicyclic) bond motifs is 1. The molecule has 0 radical (unpaired) electrons. The number of amides is 1. The Morgan fingerprint density at radius 2 is 1.96 bits per heavy atom. The second-order valence-electron chi connectivity index (χ2n) is 6.31. The molecule has 0 saturated heterocycles. The molecular formula is C19H15ClN2O3. The number of anilines is 1. The summed E-state index contributed by atoms with van der Waals surface area (Å²) in [6.45, 7) is 0. The molecule has 1 fully saturated rings. The number of carboxylic acids is 1. The summed E-state index contributed by atoms with van der Waals surface area (Å²) in [6.07, 6.45) is 0.468. The van der Waals surface area contributed by atoms with Crippen LogP contribution in [0.15, 0.2) is 53.5 Å². The SMILES string of the molecule is O=C(O)C1CC1C1N=C(c2ccccc2)c2cc(Cl)ccc2NC1=O. The number of halogens is 1. The molecule has 4 rings (SSSR count). The lowest BCUT2D eigenvalue weighted by Gasteiger charge is -2.10. The zero-order valence-electron chi connectivity index (χ0n) is 13.1. The van der Waals surface area contributed by atoms with E-state index in [4.69, 9.17) is 11.6 Å². The van der Waals surface area contributed by atoms with Crippen LogP contribution in [0.4, 0.5) is 5.69 Å². The largest absolute Gasteiger partial charge is 0.481 e. The molecule has 1 aliphatic carbocycles. The topological polar surface area (TPSA) is 78.8 Å². The number of hydrogen-bond acceptors (Lipinski definition) is 3. The minimum Gasteiger partial charge on any atom is -0.481 e. The van der Waals surface area contributed by atoms with E-state index in [1.54, 1.807) is 18.2 Å². The first-order chi connectivity index (χ1) is 12.0. The molecule has 0 aromatic heterocycles. The third-order valence-corrected chi connectivity index (χ3v) is 4.88. The number of hydrogen-bond donors (Lipinski definition) is 2. The van der Waals surface area contributed by atoms with E-state index >= 15 is 0 Å². The van der Waals surface area contributed by atoms with Gasteiger partial charge in [0.25, 0.3) is 0 Å². The van der Waals surface area contributed by atoms with Gasteiger partial charge in [-0.3, -0.25) is 14.6 Å². The fraction of sp³-hybridized carbons (Fsp3) is 0.211. The lowest BCUT2D eigenvalue weighted by molar-refractivity contribution is -0.138. The van der Waals surface area contributed by atoms with Crippen molar-refractivity contribution in [3.05, 3.63) is 64.7 Å². The lowest BCUT2D eigenvalue weighted by Crippen LogP contribution is -2.28. The molecule has 5 nitrogen and oxygen atoms in total. The van der Waals surface area contributed by atoms with Crippen molar-refractivity contribution in [1.82, 2.24) is 0 Å². The van der Waals surface area contributed by atoms with E-state index in [2.05, 4.69) is 10.3 Å². The molecule has 2 aliphatic rings. The van der Waals surface area contributed by atoms with Gasteiger partial charge in [0.05, 0.1) is 17.3 Å². The van der Waals surface area contributed by atoms with Gasteiger partial charge in [-0.05, 0) is 24.6 Å². The summed E-state index contributed by atoms with van der Waals surface area (Å²) >= 11 is 6.15. The number of rotatable bonds is 3. The standard InChI is InChI=1S/C19H15ClN2O3/c20-11-6-7-15-14(8-11)16(10-4-2-1-3-5-10)22-17(18(23)21-15)12-9-13(12)19(24)25/h1-8,12-13,17H,9H2,(H,21,23)(H,24,25). The second kappa shape index (κ2) is 6.01. The molecule has 126 valence electrons. The van der Waals surface area contributed by atoms with Crippen molar-refractivity contribution in [1.29, 1.82) is 0 Å². The molecule has 1 amide bonds. The fourth-order valence-corrected chi connectivity index (χ4v) is 3.43. The Labute approximate surface area is 149 Å². The van der Waals surface area contributed by atoms with E-state index in [1.807, 2.05) is 30.3 Å². The summed E-state index contributed by atoms with van der Waals surface area (Å²) in [5.74, 6) is -1.94. The maximum Gasteiger partial charge on any atom is 0.306 e. The number of nitrogens with one attached hydrogen (secondary N) is 1. The Bertz CT molecular complexity index is 895. The van der Waals surface area contributed by atoms with Gasteiger partial charge in [0.1, 0.15) is 6.04 Å². The normalized spacial score (nSPS) is 24.6. The van der Waals surface area contributed by atoms with E-state index in [0.717, 1.165) is 11.1 Å². The predicted octanol–water partition coefficient (Wildman–Crippen LogP) is 3.22. The molecule has 3 atom stereocenters. The van der Waals surface area contributed by atoms with E-state index in [1.165, 1.54) is 0 Å². The number of carbonyl (C=O) groups excluding carboxylic acids is 1. The quantitative estimate of drug-likeness (QED) is 0.888. The van der Waals surface area contributed by atoms with Gasteiger partial charge >= 0.3 is 5.97 Å². The first kappa shape index (κ1) is 15.8. The zero-order chi connectivity index (χ0) is 17.6. The highest BCUT2D eigenvalue weighted by Crippen LogP contribution is 2.44. The fourth-order valence-electron chi connectivity index (χ4n) is 3.26. The molecule has 1 saturated carbocycles. The number of aliphatic carboxylic acids is 1. The van der Waals surface area contributed by atoms with Crippen molar-refractivity contribution >= 4 is 34.9 Å². The predicted molar refractivity (Wildman–Crippen MR) is 95.2 cm³/mol. The Hall–Kier alpha value is -2.66. The molecule has 2 aromatic carbocycles. The summed E-state index contributed by atoms with van der Waals surface area (Å²) in [6, 6.07) is 14.0. The monoisotopic (exact) mass is 354 g/mol. The number of aliphatic imine (C=N–C) groups is 1. The van der Waals surface area contributed by atoms with Crippen molar-refractivity contribution in [3.8, 4) is 0 Å². The van der Waals surface area contributed by atoms with Crippen LogP contribution in [0.2, 0.25) is 5.02 Å². The molecule has 3 unspecified atom stereocenters. The highest BCUT2D eigenvalue weighted by molar-refractivity contribution is 6.32. The minimum atomic E-state index is -0.876. The Morgan fingerprint density at radius 1 is 1.20 bits per heavy atom. The Morgan fingerprint density at radius 3 is 2.64 bits per heavy atom. The number of carbonyl (C=O) groups is 2. The first-order valence-corrected chi connectivity index (χ1v) is 8.39. The van der Waals surface area contributed by atoms with Gasteiger partial charge in [-0.2, -0.15) is 0 Å². The smallest absolute Gasteiger partial charge is 0.306 e. The Kier molecular flexibility index (Phi) is 3.81. The average Bonchev–Trinajstić information content (AvgIpc) is 3.39. The van der Waals surface area contributed by atoms with Crippen molar-refractivity contribution < 1.29 is 14.7 Å². The van der Waals surface area contributed by atoms with E-state index in [0.29, 0.717) is 22.8 Å². The summed E-state index contributed by atoms with van der Waals surface area (Å²) in [5.41, 5.74) is 2.88. The number of carboxylic acid groups (broad SMARTS) is 1. The zero-order valence-corrected chi connectivity index (χ0v) is 13.9. The molecule has 1 aliphatic heterocycles. The van der Waals surface area contributed by atoms with Crippen LogP contribution in [0.1, 0.15) is 17.5 Å². The highest BCUT2D eigenvalue weighted by Gasteiger charge is 2.51. The lowest BCUT2D eigenvalue weighted by atomic mass is 10.0. The maximum atomic E-state index is 12.6. The molecule has 25 heavy (non-hydrogen) atoms. The number of benzene rings is 2. The van der Waals surface area contributed by atoms with Gasteiger partial charge in [-0.15, -0.1) is 0 Å². The Balaban J connectivity index is 1.84. The van der Waals surface area contributed by atoms with Crippen LogP contribution in [-0.2, 0) is 9.59 Å². The van der Waals surface area contributed by atoms with Crippen molar-refractivity contribution in [2.45, 2.75) is 12.5 Å². The van der Waals surface area contributed by atoms with Crippen LogP contribution in [-0.4, -0.2) is 28.7 Å².